The van der Waals surface area contributed by atoms with E-state index in [4.69, 9.17) is 4.99 Å². The van der Waals surface area contributed by atoms with Gasteiger partial charge in [0.2, 0.25) is 0 Å². The minimum absolute atomic E-state index is 0.0126. The molecule has 1 N–H and O–H groups in total. The Morgan fingerprint density at radius 2 is 2.09 bits per heavy atom. The van der Waals surface area contributed by atoms with E-state index in [1.165, 1.54) is 6.42 Å². The summed E-state index contributed by atoms with van der Waals surface area (Å²) < 4.78 is 0. The summed E-state index contributed by atoms with van der Waals surface area (Å²) in [7, 11) is 0. The van der Waals surface area contributed by atoms with Crippen LogP contribution in [0.5, 0.6) is 0 Å². The summed E-state index contributed by atoms with van der Waals surface area (Å²) in [4.78, 5) is 4.89. The fourth-order valence-corrected chi connectivity index (χ4v) is 3.52. The predicted molar refractivity (Wildman–Crippen MR) is 93.8 cm³/mol. The van der Waals surface area contributed by atoms with Gasteiger partial charge in [0.25, 0.3) is 0 Å². The normalized spacial score (nSPS) is 31.0. The second-order valence-corrected chi connectivity index (χ2v) is 7.31. The van der Waals surface area contributed by atoms with Gasteiger partial charge in [-0.2, -0.15) is 0 Å². The minimum atomic E-state index is 0.0126. The molecule has 0 radical (unpaired) electrons. The summed E-state index contributed by atoms with van der Waals surface area (Å²) in [5.74, 6) is 0.693. The molecule has 4 rings (SSSR count). The molecule has 2 nitrogen and oxygen atoms in total. The van der Waals surface area contributed by atoms with Crippen LogP contribution in [-0.2, 0) is 0 Å². The first-order chi connectivity index (χ1) is 10.6. The highest BCUT2D eigenvalue weighted by Gasteiger charge is 2.49. The summed E-state index contributed by atoms with van der Waals surface area (Å²) >= 11 is 0. The first-order valence-corrected chi connectivity index (χ1v) is 8.06. The van der Waals surface area contributed by atoms with E-state index >= 15 is 0 Å². The lowest BCUT2D eigenvalue weighted by atomic mass is 9.94. The van der Waals surface area contributed by atoms with Crippen LogP contribution in [0.4, 0.5) is 11.4 Å². The van der Waals surface area contributed by atoms with Crippen LogP contribution >= 0.6 is 0 Å². The zero-order valence-corrected chi connectivity index (χ0v) is 13.2. The Kier molecular flexibility index (Phi) is 2.90. The molecule has 3 aliphatic rings. The van der Waals surface area contributed by atoms with Gasteiger partial charge in [0, 0.05) is 23.1 Å². The van der Waals surface area contributed by atoms with Gasteiger partial charge in [0.05, 0.1) is 11.4 Å². The Morgan fingerprint density at radius 3 is 2.95 bits per heavy atom. The summed E-state index contributed by atoms with van der Waals surface area (Å²) in [5, 5.41) is 3.61. The van der Waals surface area contributed by atoms with Crippen molar-refractivity contribution in [3.05, 3.63) is 60.7 Å². The maximum absolute atomic E-state index is 4.89. The Morgan fingerprint density at radius 1 is 1.23 bits per heavy atom. The van der Waals surface area contributed by atoms with Gasteiger partial charge in [-0.15, -0.1) is 0 Å². The number of fused-ring (bicyclic) bond motifs is 2. The van der Waals surface area contributed by atoms with Gasteiger partial charge >= 0.3 is 0 Å². The molecule has 0 amide bonds. The van der Waals surface area contributed by atoms with E-state index in [-0.39, 0.29) is 11.0 Å². The zero-order chi connectivity index (χ0) is 15.2. The quantitative estimate of drug-likeness (QED) is 0.810. The van der Waals surface area contributed by atoms with Gasteiger partial charge in [-0.05, 0) is 44.4 Å². The van der Waals surface area contributed by atoms with Crippen LogP contribution in [0.15, 0.2) is 65.7 Å². The van der Waals surface area contributed by atoms with E-state index < -0.39 is 0 Å². The maximum Gasteiger partial charge on any atom is 0.0864 e. The van der Waals surface area contributed by atoms with Crippen molar-refractivity contribution >= 4 is 17.1 Å². The van der Waals surface area contributed by atoms with Crippen molar-refractivity contribution in [2.24, 2.45) is 16.3 Å². The third kappa shape index (κ3) is 2.43. The number of aliphatic imine (C=N–C) groups is 1. The molecule has 1 aliphatic heterocycles. The summed E-state index contributed by atoms with van der Waals surface area (Å²) in [6.45, 7) is 4.47. The first kappa shape index (κ1) is 13.6. The molecule has 0 aromatic heterocycles. The van der Waals surface area contributed by atoms with Crippen molar-refractivity contribution in [1.29, 1.82) is 0 Å². The van der Waals surface area contributed by atoms with Gasteiger partial charge in [0.1, 0.15) is 0 Å². The molecule has 0 spiro atoms. The molecule has 2 unspecified atom stereocenters. The van der Waals surface area contributed by atoms with Crippen LogP contribution in [0.25, 0.3) is 0 Å². The van der Waals surface area contributed by atoms with E-state index in [1.807, 2.05) is 6.07 Å². The highest BCUT2D eigenvalue weighted by molar-refractivity contribution is 5.99. The predicted octanol–water partition coefficient (Wildman–Crippen LogP) is 5.04. The van der Waals surface area contributed by atoms with Crippen LogP contribution in [0.3, 0.4) is 0 Å². The average molecular weight is 290 g/mol. The lowest BCUT2D eigenvalue weighted by Crippen LogP contribution is -2.32. The molecule has 2 atom stereocenters. The van der Waals surface area contributed by atoms with Crippen LogP contribution in [0, 0.1) is 11.3 Å². The number of allylic oxidation sites excluding steroid dienone is 6. The monoisotopic (exact) mass is 290 g/mol. The highest BCUT2D eigenvalue weighted by atomic mass is 15.0. The molecule has 1 aromatic carbocycles. The zero-order valence-electron chi connectivity index (χ0n) is 13.2. The molecule has 0 bridgehead atoms. The largest absolute Gasteiger partial charge is 0.378 e. The fourth-order valence-electron chi connectivity index (χ4n) is 3.52. The molecule has 2 aliphatic carbocycles. The van der Waals surface area contributed by atoms with Crippen molar-refractivity contribution in [1.82, 2.24) is 0 Å². The lowest BCUT2D eigenvalue weighted by Gasteiger charge is -2.25. The molecular weight excluding hydrogens is 268 g/mol. The number of hydrogen-bond donors (Lipinski definition) is 1. The third-order valence-corrected chi connectivity index (χ3v) is 4.81. The Labute approximate surface area is 132 Å². The second kappa shape index (κ2) is 4.70. The number of nitrogens with zero attached hydrogens (tertiary/aromatic N) is 1. The van der Waals surface area contributed by atoms with E-state index in [1.54, 1.807) is 0 Å². The van der Waals surface area contributed by atoms with Gasteiger partial charge in [-0.3, -0.25) is 4.99 Å². The Balaban J connectivity index is 1.65. The Bertz CT molecular complexity index is 721. The molecule has 22 heavy (non-hydrogen) atoms. The number of nitrogens with one attached hydrogen (secondary N) is 1. The lowest BCUT2D eigenvalue weighted by molar-refractivity contribution is 0.596. The van der Waals surface area contributed by atoms with E-state index in [0.29, 0.717) is 5.92 Å². The molecule has 1 saturated carbocycles. The van der Waals surface area contributed by atoms with Crippen molar-refractivity contribution in [2.45, 2.75) is 32.2 Å². The number of para-hydroxylation sites is 2. The molecular formula is C20H22N2. The topological polar surface area (TPSA) is 24.4 Å². The number of benzene rings is 1. The molecule has 1 heterocycles. The summed E-state index contributed by atoms with van der Waals surface area (Å²) in [6, 6.07) is 8.30. The van der Waals surface area contributed by atoms with E-state index in [9.17, 15) is 0 Å². The molecule has 2 heteroatoms. The summed E-state index contributed by atoms with van der Waals surface area (Å²) in [5.41, 5.74) is 3.60. The maximum atomic E-state index is 4.89. The summed E-state index contributed by atoms with van der Waals surface area (Å²) in [6.07, 6.45) is 15.8. The van der Waals surface area contributed by atoms with Crippen molar-refractivity contribution in [3.63, 3.8) is 0 Å². The number of rotatable bonds is 2. The van der Waals surface area contributed by atoms with Crippen LogP contribution < -0.4 is 5.32 Å². The van der Waals surface area contributed by atoms with Crippen molar-refractivity contribution in [2.75, 3.05) is 5.32 Å². The van der Waals surface area contributed by atoms with Crippen LogP contribution in [-0.4, -0.2) is 11.3 Å². The fraction of sp³-hybridized carbons (Fsp3) is 0.350. The highest BCUT2D eigenvalue weighted by Crippen LogP contribution is 2.57. The smallest absolute Gasteiger partial charge is 0.0864 e. The Hall–Kier alpha value is -2.09. The molecule has 0 saturated heterocycles. The standard InChI is InChI=1S/C20H22N2/c1-19(2)14-16(21-17-8-3-4-9-18(17)22-19)10-12-20-11-6-5-7-15(20)13-20/h3-12,15,22H,13-14H2,1-2H3/b12-10+. The van der Waals surface area contributed by atoms with Gasteiger partial charge < -0.3 is 5.32 Å². The van der Waals surface area contributed by atoms with Crippen LogP contribution in [0.1, 0.15) is 26.7 Å². The van der Waals surface area contributed by atoms with Crippen molar-refractivity contribution < 1.29 is 0 Å². The van der Waals surface area contributed by atoms with E-state index in [2.05, 4.69) is 73.8 Å². The van der Waals surface area contributed by atoms with Crippen molar-refractivity contribution in [3.8, 4) is 0 Å². The average Bonchev–Trinajstić information content (AvgIpc) is 3.22. The second-order valence-electron chi connectivity index (χ2n) is 7.31. The molecule has 1 fully saturated rings. The van der Waals surface area contributed by atoms with Gasteiger partial charge in [-0.25, -0.2) is 0 Å². The van der Waals surface area contributed by atoms with Gasteiger partial charge in [-0.1, -0.05) is 42.5 Å². The van der Waals surface area contributed by atoms with Crippen LogP contribution in [0.2, 0.25) is 0 Å². The van der Waals surface area contributed by atoms with E-state index in [0.717, 1.165) is 23.5 Å². The first-order valence-electron chi connectivity index (χ1n) is 8.06. The molecule has 112 valence electrons. The minimum Gasteiger partial charge on any atom is -0.378 e. The SMILES string of the molecule is CC1(C)CC(/C=C/C23C=CC=CC2C3)=Nc2ccccc2N1. The van der Waals surface area contributed by atoms with Gasteiger partial charge in [0.15, 0.2) is 0 Å². The third-order valence-electron chi connectivity index (χ3n) is 4.81. The number of anilines is 1. The molecule has 1 aromatic rings. The number of hydrogen-bond acceptors (Lipinski definition) is 2.